The molecule has 0 radical (unpaired) electrons. The van der Waals surface area contributed by atoms with Crippen molar-refractivity contribution in [1.82, 2.24) is 9.88 Å². The van der Waals surface area contributed by atoms with Gasteiger partial charge in [-0.3, -0.25) is 4.79 Å². The van der Waals surface area contributed by atoms with Crippen molar-refractivity contribution in [2.45, 2.75) is 45.1 Å². The molecule has 1 saturated heterocycles. The summed E-state index contributed by atoms with van der Waals surface area (Å²) in [6.07, 6.45) is 3.23. The van der Waals surface area contributed by atoms with E-state index in [0.717, 1.165) is 42.9 Å². The van der Waals surface area contributed by atoms with E-state index in [0.29, 0.717) is 5.75 Å². The highest BCUT2D eigenvalue weighted by Gasteiger charge is 2.18. The number of thioether (sulfide) groups is 1. The lowest BCUT2D eigenvalue weighted by atomic mass is 10.0. The van der Waals surface area contributed by atoms with Gasteiger partial charge < -0.3 is 4.90 Å². The van der Waals surface area contributed by atoms with Crippen molar-refractivity contribution in [1.29, 1.82) is 0 Å². The summed E-state index contributed by atoms with van der Waals surface area (Å²) in [6, 6.07) is 6.58. The Morgan fingerprint density at radius 1 is 1.22 bits per heavy atom. The molecule has 2 heterocycles. The molecule has 122 valence electrons. The summed E-state index contributed by atoms with van der Waals surface area (Å²) in [4.78, 5) is 19.1. The summed E-state index contributed by atoms with van der Waals surface area (Å²) in [6.45, 7) is 8.23. The fourth-order valence-corrected chi connectivity index (χ4v) is 4.21. The largest absolute Gasteiger partial charge is 0.342 e. The fourth-order valence-electron chi connectivity index (χ4n) is 3.22. The number of carbonyl (C=O) groups is 1. The van der Waals surface area contributed by atoms with E-state index in [9.17, 15) is 4.79 Å². The van der Waals surface area contributed by atoms with Crippen LogP contribution in [0.5, 0.6) is 0 Å². The third-order valence-corrected chi connectivity index (χ3v) is 5.51. The summed E-state index contributed by atoms with van der Waals surface area (Å²) >= 11 is 1.59. The van der Waals surface area contributed by atoms with Crippen LogP contribution in [0.2, 0.25) is 0 Å². The van der Waals surface area contributed by atoms with E-state index in [1.807, 2.05) is 4.90 Å². The quantitative estimate of drug-likeness (QED) is 0.791. The zero-order valence-corrected chi connectivity index (χ0v) is 15.0. The topological polar surface area (TPSA) is 33.2 Å². The van der Waals surface area contributed by atoms with Crippen LogP contribution in [0.25, 0.3) is 10.9 Å². The molecule has 0 atom stereocenters. The number of amides is 1. The third-order valence-electron chi connectivity index (χ3n) is 4.50. The molecule has 3 nitrogen and oxygen atoms in total. The minimum absolute atomic E-state index is 0.247. The first-order valence-corrected chi connectivity index (χ1v) is 9.38. The highest BCUT2D eigenvalue weighted by atomic mass is 32.2. The molecule has 1 aromatic carbocycles. The molecule has 1 amide bonds. The van der Waals surface area contributed by atoms with Crippen molar-refractivity contribution in [3.63, 3.8) is 0 Å². The minimum atomic E-state index is 0.247. The Morgan fingerprint density at radius 3 is 2.65 bits per heavy atom. The van der Waals surface area contributed by atoms with Gasteiger partial charge in [-0.25, -0.2) is 4.98 Å². The van der Waals surface area contributed by atoms with E-state index >= 15 is 0 Å². The summed E-state index contributed by atoms with van der Waals surface area (Å²) in [5.41, 5.74) is 4.78. The lowest BCUT2D eigenvalue weighted by Gasteiger charge is -2.15. The second-order valence-corrected chi connectivity index (χ2v) is 7.30. The van der Waals surface area contributed by atoms with Crippen LogP contribution in [0, 0.1) is 13.8 Å². The molecule has 0 N–H and O–H groups in total. The summed E-state index contributed by atoms with van der Waals surface area (Å²) in [7, 11) is 0. The summed E-state index contributed by atoms with van der Waals surface area (Å²) < 4.78 is 0. The number of pyridine rings is 1. The molecule has 0 aliphatic carbocycles. The van der Waals surface area contributed by atoms with E-state index in [2.05, 4.69) is 39.0 Å². The summed E-state index contributed by atoms with van der Waals surface area (Å²) in [5.74, 6) is 0.743. The second-order valence-electron chi connectivity index (χ2n) is 6.33. The lowest BCUT2D eigenvalue weighted by molar-refractivity contribution is -0.127. The first-order valence-electron chi connectivity index (χ1n) is 8.40. The fraction of sp³-hybridized carbons (Fsp3) is 0.474. The number of aryl methyl sites for hydroxylation is 3. The van der Waals surface area contributed by atoms with Crippen LogP contribution in [0.3, 0.4) is 0 Å². The van der Waals surface area contributed by atoms with Crippen LogP contribution in [0.4, 0.5) is 0 Å². The standard InChI is InChI=1S/C19H24N2OS/c1-4-15-11-16-14(3)9-13(2)10-17(16)20-19(15)23-12-18(22)21-7-5-6-8-21/h9-11H,4-8,12H2,1-3H3. The van der Waals surface area contributed by atoms with Crippen molar-refractivity contribution >= 4 is 28.6 Å². The number of hydrogen-bond acceptors (Lipinski definition) is 3. The van der Waals surface area contributed by atoms with Gasteiger partial charge in [0.1, 0.15) is 5.03 Å². The molecule has 1 fully saturated rings. The zero-order valence-electron chi connectivity index (χ0n) is 14.2. The van der Waals surface area contributed by atoms with Gasteiger partial charge in [0.25, 0.3) is 0 Å². The molecule has 1 aromatic heterocycles. The first kappa shape index (κ1) is 16.3. The Morgan fingerprint density at radius 2 is 1.96 bits per heavy atom. The highest BCUT2D eigenvalue weighted by Crippen LogP contribution is 2.28. The van der Waals surface area contributed by atoms with Crippen molar-refractivity contribution < 1.29 is 4.79 Å². The maximum absolute atomic E-state index is 12.3. The van der Waals surface area contributed by atoms with Gasteiger partial charge in [0.15, 0.2) is 0 Å². The number of fused-ring (bicyclic) bond motifs is 1. The van der Waals surface area contributed by atoms with E-state index < -0.39 is 0 Å². The van der Waals surface area contributed by atoms with Crippen LogP contribution in [-0.2, 0) is 11.2 Å². The van der Waals surface area contributed by atoms with Crippen LogP contribution in [-0.4, -0.2) is 34.6 Å². The molecule has 0 unspecified atom stereocenters. The van der Waals surface area contributed by atoms with Gasteiger partial charge in [0.2, 0.25) is 5.91 Å². The number of benzene rings is 1. The molecule has 2 aromatic rings. The molecular weight excluding hydrogens is 304 g/mol. The van der Waals surface area contributed by atoms with E-state index in [4.69, 9.17) is 4.98 Å². The monoisotopic (exact) mass is 328 g/mol. The van der Waals surface area contributed by atoms with Crippen LogP contribution >= 0.6 is 11.8 Å². The van der Waals surface area contributed by atoms with Gasteiger partial charge >= 0.3 is 0 Å². The lowest BCUT2D eigenvalue weighted by Crippen LogP contribution is -2.29. The number of carbonyl (C=O) groups excluding carboxylic acids is 1. The van der Waals surface area contributed by atoms with Crippen molar-refractivity contribution in [3.8, 4) is 0 Å². The van der Waals surface area contributed by atoms with Crippen LogP contribution in [0.15, 0.2) is 23.2 Å². The summed E-state index contributed by atoms with van der Waals surface area (Å²) in [5, 5.41) is 2.24. The van der Waals surface area contributed by atoms with Gasteiger partial charge in [-0.2, -0.15) is 0 Å². The van der Waals surface area contributed by atoms with E-state index in [1.54, 1.807) is 11.8 Å². The Balaban J connectivity index is 1.85. The normalized spacial score (nSPS) is 14.7. The SMILES string of the molecule is CCc1cc2c(C)cc(C)cc2nc1SCC(=O)N1CCCC1. The molecule has 0 spiro atoms. The van der Waals surface area contributed by atoms with Gasteiger partial charge in [-0.1, -0.05) is 24.8 Å². The number of nitrogens with zero attached hydrogens (tertiary/aromatic N) is 2. The van der Waals surface area contributed by atoms with Crippen molar-refractivity contribution in [3.05, 3.63) is 34.9 Å². The van der Waals surface area contributed by atoms with Gasteiger partial charge in [-0.15, -0.1) is 0 Å². The van der Waals surface area contributed by atoms with Gasteiger partial charge in [0, 0.05) is 18.5 Å². The second kappa shape index (κ2) is 6.91. The molecule has 0 bridgehead atoms. The average molecular weight is 328 g/mol. The minimum Gasteiger partial charge on any atom is -0.342 e. The molecular formula is C19H24N2OS. The molecule has 1 aliphatic heterocycles. The van der Waals surface area contributed by atoms with Gasteiger partial charge in [-0.05, 0) is 61.9 Å². The highest BCUT2D eigenvalue weighted by molar-refractivity contribution is 7.99. The number of likely N-dealkylation sites (tertiary alicyclic amines) is 1. The molecule has 4 heteroatoms. The Labute approximate surface area is 142 Å². The Kier molecular flexibility index (Phi) is 4.90. The zero-order chi connectivity index (χ0) is 16.4. The Hall–Kier alpha value is -1.55. The maximum atomic E-state index is 12.3. The predicted molar refractivity (Wildman–Crippen MR) is 97.1 cm³/mol. The van der Waals surface area contributed by atoms with Crippen molar-refractivity contribution in [2.75, 3.05) is 18.8 Å². The molecule has 23 heavy (non-hydrogen) atoms. The molecule has 0 saturated carbocycles. The number of hydrogen-bond donors (Lipinski definition) is 0. The van der Waals surface area contributed by atoms with Crippen molar-refractivity contribution in [2.24, 2.45) is 0 Å². The van der Waals surface area contributed by atoms with Crippen LogP contribution in [0.1, 0.15) is 36.5 Å². The molecule has 3 rings (SSSR count). The molecule has 1 aliphatic rings. The smallest absolute Gasteiger partial charge is 0.232 e. The third kappa shape index (κ3) is 3.52. The van der Waals surface area contributed by atoms with E-state index in [-0.39, 0.29) is 5.91 Å². The predicted octanol–water partition coefficient (Wildman–Crippen LogP) is 4.13. The maximum Gasteiger partial charge on any atom is 0.232 e. The first-order chi connectivity index (χ1) is 11.1. The van der Waals surface area contributed by atoms with Gasteiger partial charge in [0.05, 0.1) is 11.3 Å². The van der Waals surface area contributed by atoms with Crippen LogP contribution < -0.4 is 0 Å². The average Bonchev–Trinajstić information content (AvgIpc) is 3.06. The Bertz CT molecular complexity index is 736. The van der Waals surface area contributed by atoms with E-state index in [1.165, 1.54) is 22.1 Å². The number of rotatable bonds is 4. The number of aromatic nitrogens is 1.